The fourth-order valence-electron chi connectivity index (χ4n) is 2.43. The molecule has 6 nitrogen and oxygen atoms in total. The number of hydrogen-bond donors (Lipinski definition) is 2. The first-order valence-corrected chi connectivity index (χ1v) is 6.96. The molecule has 1 aromatic carbocycles. The molecule has 116 valence electrons. The van der Waals surface area contributed by atoms with E-state index in [1.54, 1.807) is 19.9 Å². The summed E-state index contributed by atoms with van der Waals surface area (Å²) < 4.78 is 4.51. The summed E-state index contributed by atoms with van der Waals surface area (Å²) in [5.41, 5.74) is 2.12. The molecule has 0 amide bonds. The third-order valence-corrected chi connectivity index (χ3v) is 3.65. The molecule has 0 aliphatic carbocycles. The maximum absolute atomic E-state index is 12.2. The number of carbonyl (C=O) groups is 2. The van der Waals surface area contributed by atoms with Gasteiger partial charge in [-0.1, -0.05) is 6.92 Å². The summed E-state index contributed by atoms with van der Waals surface area (Å²) in [6, 6.07) is 2.64. The second-order valence-electron chi connectivity index (χ2n) is 5.14. The highest BCUT2D eigenvalue weighted by molar-refractivity contribution is 6.02. The predicted molar refractivity (Wildman–Crippen MR) is 81.9 cm³/mol. The molecule has 22 heavy (non-hydrogen) atoms. The van der Waals surface area contributed by atoms with Crippen molar-refractivity contribution in [3.8, 4) is 5.88 Å². The number of nitrogens with one attached hydrogen (secondary N) is 1. The van der Waals surface area contributed by atoms with Crippen molar-refractivity contribution in [2.45, 2.75) is 33.6 Å². The number of rotatable bonds is 4. The molecule has 1 aromatic heterocycles. The average Bonchev–Trinajstić information content (AvgIpc) is 2.43. The molecule has 2 N–H and O–H groups in total. The Bertz CT molecular complexity index is 819. The maximum atomic E-state index is 12.2. The van der Waals surface area contributed by atoms with Crippen molar-refractivity contribution in [1.29, 1.82) is 0 Å². The van der Waals surface area contributed by atoms with Gasteiger partial charge in [-0.3, -0.25) is 9.59 Å². The fraction of sp³-hybridized carbons (Fsp3) is 0.312. The highest BCUT2D eigenvalue weighted by Crippen LogP contribution is 2.24. The van der Waals surface area contributed by atoms with E-state index < -0.39 is 11.6 Å². The molecule has 0 aliphatic rings. The number of ether oxygens (including phenoxy) is 1. The largest absolute Gasteiger partial charge is 0.512 e. The van der Waals surface area contributed by atoms with Crippen LogP contribution in [0.25, 0.3) is 10.9 Å². The van der Waals surface area contributed by atoms with Gasteiger partial charge in [0.15, 0.2) is 11.2 Å². The maximum Gasteiger partial charge on any atom is 0.512 e. The minimum absolute atomic E-state index is 0.00439. The molecule has 0 bridgehead atoms. The third kappa shape index (κ3) is 2.86. The molecule has 0 aliphatic heterocycles. The van der Waals surface area contributed by atoms with E-state index in [0.717, 1.165) is 23.6 Å². The van der Waals surface area contributed by atoms with Crippen molar-refractivity contribution < 1.29 is 19.4 Å². The Morgan fingerprint density at radius 1 is 1.23 bits per heavy atom. The number of pyridine rings is 1. The summed E-state index contributed by atoms with van der Waals surface area (Å²) >= 11 is 0. The van der Waals surface area contributed by atoms with Crippen molar-refractivity contribution in [3.63, 3.8) is 0 Å². The molecule has 0 fully saturated rings. The first-order valence-electron chi connectivity index (χ1n) is 6.96. The number of ketones is 1. The Morgan fingerprint density at radius 3 is 2.50 bits per heavy atom. The molecule has 0 spiro atoms. The van der Waals surface area contributed by atoms with Crippen LogP contribution in [0.1, 0.15) is 41.3 Å². The van der Waals surface area contributed by atoms with Gasteiger partial charge in [0, 0.05) is 23.4 Å². The van der Waals surface area contributed by atoms with E-state index in [0.29, 0.717) is 22.9 Å². The van der Waals surface area contributed by atoms with Crippen LogP contribution in [0.2, 0.25) is 0 Å². The molecular formula is C16H17NO5. The lowest BCUT2D eigenvalue weighted by Crippen LogP contribution is -2.12. The van der Waals surface area contributed by atoms with Crippen LogP contribution < -0.4 is 10.2 Å². The second kappa shape index (κ2) is 6.01. The lowest BCUT2D eigenvalue weighted by atomic mass is 9.94. The monoisotopic (exact) mass is 303 g/mol. The van der Waals surface area contributed by atoms with E-state index in [1.807, 2.05) is 6.92 Å². The zero-order valence-electron chi connectivity index (χ0n) is 12.6. The van der Waals surface area contributed by atoms with E-state index in [4.69, 9.17) is 5.11 Å². The van der Waals surface area contributed by atoms with E-state index in [1.165, 1.54) is 0 Å². The highest BCUT2D eigenvalue weighted by Gasteiger charge is 2.16. The Labute approximate surface area is 126 Å². The number of aromatic nitrogens is 1. The van der Waals surface area contributed by atoms with Crippen molar-refractivity contribution in [2.75, 3.05) is 0 Å². The van der Waals surface area contributed by atoms with E-state index in [9.17, 15) is 14.4 Å². The standard InChI is InChI=1S/C16H17NO5/c1-4-5-12(18)10-6-11-13(19)7-14(22-16(20)21)17-15(11)9(3)8(10)2/h6-7H,4-5H2,1-3H3,(H,17,19)(H,20,21). The number of fused-ring (bicyclic) bond motifs is 1. The number of aryl methyl sites for hydroxylation is 1. The van der Waals surface area contributed by atoms with Gasteiger partial charge in [0.1, 0.15) is 0 Å². The van der Waals surface area contributed by atoms with Gasteiger partial charge in [0.2, 0.25) is 5.88 Å². The molecule has 0 radical (unpaired) electrons. The molecule has 1 heterocycles. The van der Waals surface area contributed by atoms with Crippen LogP contribution in [0.4, 0.5) is 4.79 Å². The number of carboxylic acid groups (broad SMARTS) is 1. The fourth-order valence-corrected chi connectivity index (χ4v) is 2.43. The highest BCUT2D eigenvalue weighted by atomic mass is 16.7. The SMILES string of the molecule is CCCC(=O)c1cc2c(=O)cc(OC(=O)O)[nH]c2c(C)c1C. The number of aromatic amines is 1. The van der Waals surface area contributed by atoms with Crippen LogP contribution in [-0.4, -0.2) is 22.0 Å². The quantitative estimate of drug-likeness (QED) is 0.668. The lowest BCUT2D eigenvalue weighted by molar-refractivity contribution is 0.0981. The van der Waals surface area contributed by atoms with Gasteiger partial charge < -0.3 is 14.8 Å². The predicted octanol–water partition coefficient (Wildman–Crippen LogP) is 3.18. The third-order valence-electron chi connectivity index (χ3n) is 3.65. The summed E-state index contributed by atoms with van der Waals surface area (Å²) in [4.78, 5) is 37.7. The van der Waals surface area contributed by atoms with Crippen molar-refractivity contribution in [2.24, 2.45) is 0 Å². The summed E-state index contributed by atoms with van der Waals surface area (Å²) in [5.74, 6) is -0.143. The first-order chi connectivity index (χ1) is 10.3. The van der Waals surface area contributed by atoms with Crippen LogP contribution in [-0.2, 0) is 0 Å². The zero-order chi connectivity index (χ0) is 16.4. The minimum Gasteiger partial charge on any atom is -0.449 e. The van der Waals surface area contributed by atoms with E-state index in [2.05, 4.69) is 9.72 Å². The van der Waals surface area contributed by atoms with Crippen LogP contribution >= 0.6 is 0 Å². The smallest absolute Gasteiger partial charge is 0.449 e. The molecule has 2 rings (SSSR count). The van der Waals surface area contributed by atoms with Gasteiger partial charge in [-0.15, -0.1) is 0 Å². The van der Waals surface area contributed by atoms with Crippen LogP contribution in [0, 0.1) is 13.8 Å². The van der Waals surface area contributed by atoms with E-state index >= 15 is 0 Å². The summed E-state index contributed by atoms with van der Waals surface area (Å²) in [5, 5.41) is 8.99. The second-order valence-corrected chi connectivity index (χ2v) is 5.14. The number of Topliss-reactive ketones (excluding diaryl/α,β-unsaturated/α-hetero) is 1. The Kier molecular flexibility index (Phi) is 4.30. The van der Waals surface area contributed by atoms with Gasteiger partial charge in [-0.25, -0.2) is 4.79 Å². The van der Waals surface area contributed by atoms with Gasteiger partial charge in [-0.05, 0) is 37.5 Å². The number of carbonyl (C=O) groups excluding carboxylic acids is 1. The van der Waals surface area contributed by atoms with Crippen molar-refractivity contribution in [3.05, 3.63) is 39.0 Å². The molecule has 2 aromatic rings. The molecule has 6 heteroatoms. The zero-order valence-corrected chi connectivity index (χ0v) is 12.6. The average molecular weight is 303 g/mol. The van der Waals surface area contributed by atoms with Gasteiger partial charge >= 0.3 is 6.16 Å². The molecular weight excluding hydrogens is 286 g/mol. The molecule has 0 saturated carbocycles. The van der Waals surface area contributed by atoms with Crippen molar-refractivity contribution >= 4 is 22.8 Å². The number of H-pyrrole nitrogens is 1. The van der Waals surface area contributed by atoms with Gasteiger partial charge in [-0.2, -0.15) is 0 Å². The van der Waals surface area contributed by atoms with E-state index in [-0.39, 0.29) is 11.7 Å². The van der Waals surface area contributed by atoms with Crippen LogP contribution in [0.15, 0.2) is 16.9 Å². The summed E-state index contributed by atoms with van der Waals surface area (Å²) in [6.45, 7) is 5.51. The Hall–Kier alpha value is -2.63. The molecule has 0 atom stereocenters. The van der Waals surface area contributed by atoms with Crippen LogP contribution in [0.5, 0.6) is 5.88 Å². The molecule has 0 unspecified atom stereocenters. The summed E-state index contributed by atoms with van der Waals surface area (Å²) in [6.07, 6.45) is -0.347. The Balaban J connectivity index is 2.71. The van der Waals surface area contributed by atoms with Crippen molar-refractivity contribution in [1.82, 2.24) is 4.98 Å². The van der Waals surface area contributed by atoms with Gasteiger partial charge in [0.05, 0.1) is 5.52 Å². The van der Waals surface area contributed by atoms with Crippen LogP contribution in [0.3, 0.4) is 0 Å². The normalized spacial score (nSPS) is 10.7. The molecule has 0 saturated heterocycles. The topological polar surface area (TPSA) is 96.5 Å². The summed E-state index contributed by atoms with van der Waals surface area (Å²) in [7, 11) is 0. The Morgan fingerprint density at radius 2 is 1.91 bits per heavy atom. The van der Waals surface area contributed by atoms with Gasteiger partial charge in [0.25, 0.3) is 0 Å². The number of benzene rings is 1. The lowest BCUT2D eigenvalue weighted by Gasteiger charge is -2.12. The first kappa shape index (κ1) is 15.8. The minimum atomic E-state index is -1.50. The number of hydrogen-bond acceptors (Lipinski definition) is 4.